The molecular weight excluding hydrogens is 190 g/mol. The predicted octanol–water partition coefficient (Wildman–Crippen LogP) is 1.91. The van der Waals surface area contributed by atoms with Gasteiger partial charge in [-0.15, -0.1) is 0 Å². The second-order valence-corrected chi connectivity index (χ2v) is 4.06. The average Bonchev–Trinajstić information content (AvgIpc) is 2.85. The molecule has 0 atom stereocenters. The van der Waals surface area contributed by atoms with Crippen molar-refractivity contribution in [3.05, 3.63) is 16.7 Å². The number of hydrogen-bond donors (Lipinski definition) is 1. The third kappa shape index (κ3) is 1.06. The lowest BCUT2D eigenvalue weighted by Gasteiger charge is -2.14. The van der Waals surface area contributed by atoms with Gasteiger partial charge in [-0.3, -0.25) is 0 Å². The molecule has 0 fully saturated rings. The maximum Gasteiger partial charge on any atom is 0.146 e. The van der Waals surface area contributed by atoms with E-state index in [2.05, 4.69) is 12.2 Å². The summed E-state index contributed by atoms with van der Waals surface area (Å²) in [4.78, 5) is 0. The first-order chi connectivity index (χ1) is 7.33. The van der Waals surface area contributed by atoms with Gasteiger partial charge < -0.3 is 14.8 Å². The van der Waals surface area contributed by atoms with Crippen LogP contribution >= 0.6 is 0 Å². The summed E-state index contributed by atoms with van der Waals surface area (Å²) in [7, 11) is 1.95. The standard InChI is InChI=1S/C12H15NO2/c1-7-8-3-5-15-12(8)10(13-2)9-4-6-14-11(7)9/h13H,3-6H2,1-2H3. The molecule has 0 spiro atoms. The highest BCUT2D eigenvalue weighted by molar-refractivity contribution is 5.74. The molecule has 80 valence electrons. The van der Waals surface area contributed by atoms with Crippen molar-refractivity contribution in [2.45, 2.75) is 19.8 Å². The van der Waals surface area contributed by atoms with E-state index in [0.717, 1.165) is 43.2 Å². The highest BCUT2D eigenvalue weighted by Gasteiger charge is 2.28. The molecule has 0 radical (unpaired) electrons. The van der Waals surface area contributed by atoms with E-state index in [1.54, 1.807) is 0 Å². The van der Waals surface area contributed by atoms with Crippen molar-refractivity contribution in [2.75, 3.05) is 25.6 Å². The monoisotopic (exact) mass is 205 g/mol. The molecule has 0 aliphatic carbocycles. The van der Waals surface area contributed by atoms with E-state index >= 15 is 0 Å². The lowest BCUT2D eigenvalue weighted by atomic mass is 9.98. The Bertz CT molecular complexity index is 391. The summed E-state index contributed by atoms with van der Waals surface area (Å²) in [5.74, 6) is 2.14. The topological polar surface area (TPSA) is 30.5 Å². The molecule has 0 amide bonds. The molecule has 0 bridgehead atoms. The van der Waals surface area contributed by atoms with Crippen LogP contribution in [0.3, 0.4) is 0 Å². The maximum atomic E-state index is 5.71. The lowest BCUT2D eigenvalue weighted by Crippen LogP contribution is -1.98. The minimum absolute atomic E-state index is 0.799. The Morgan fingerprint density at radius 1 is 1.00 bits per heavy atom. The molecule has 3 rings (SSSR count). The molecule has 1 aromatic rings. The van der Waals surface area contributed by atoms with E-state index < -0.39 is 0 Å². The molecule has 0 saturated heterocycles. The van der Waals surface area contributed by atoms with Gasteiger partial charge in [0.2, 0.25) is 0 Å². The second kappa shape index (κ2) is 3.05. The van der Waals surface area contributed by atoms with Gasteiger partial charge in [-0.1, -0.05) is 0 Å². The normalized spacial score (nSPS) is 16.7. The summed E-state index contributed by atoms with van der Waals surface area (Å²) in [6, 6.07) is 0. The van der Waals surface area contributed by atoms with Crippen LogP contribution in [0.5, 0.6) is 11.5 Å². The number of nitrogens with one attached hydrogen (secondary N) is 1. The number of rotatable bonds is 1. The third-order valence-electron chi connectivity index (χ3n) is 3.32. The summed E-state index contributed by atoms with van der Waals surface area (Å²) in [5, 5.41) is 3.25. The van der Waals surface area contributed by atoms with Gasteiger partial charge in [-0.25, -0.2) is 0 Å². The number of hydrogen-bond acceptors (Lipinski definition) is 3. The first kappa shape index (κ1) is 8.89. The Morgan fingerprint density at radius 3 is 2.40 bits per heavy atom. The number of fused-ring (bicyclic) bond motifs is 2. The van der Waals surface area contributed by atoms with E-state index in [9.17, 15) is 0 Å². The Labute approximate surface area is 89.4 Å². The first-order valence-electron chi connectivity index (χ1n) is 5.44. The largest absolute Gasteiger partial charge is 0.493 e. The quantitative estimate of drug-likeness (QED) is 0.759. The molecule has 3 nitrogen and oxygen atoms in total. The molecule has 1 N–H and O–H groups in total. The molecule has 0 unspecified atom stereocenters. The van der Waals surface area contributed by atoms with Crippen molar-refractivity contribution in [2.24, 2.45) is 0 Å². The number of anilines is 1. The summed E-state index contributed by atoms with van der Waals surface area (Å²) in [6.07, 6.45) is 2.00. The SMILES string of the molecule is CNc1c2c(c(C)c3c1OCC3)OCC2. The number of benzene rings is 1. The van der Waals surface area contributed by atoms with Crippen molar-refractivity contribution < 1.29 is 9.47 Å². The van der Waals surface area contributed by atoms with Crippen LogP contribution in [-0.2, 0) is 12.8 Å². The van der Waals surface area contributed by atoms with E-state index in [4.69, 9.17) is 9.47 Å². The molecule has 0 aromatic heterocycles. The molecule has 1 aromatic carbocycles. The van der Waals surface area contributed by atoms with Crippen molar-refractivity contribution in [3.8, 4) is 11.5 Å². The minimum Gasteiger partial charge on any atom is -0.493 e. The number of ether oxygens (including phenoxy) is 2. The molecule has 0 saturated carbocycles. The molecule has 2 aliphatic rings. The zero-order valence-electron chi connectivity index (χ0n) is 9.14. The van der Waals surface area contributed by atoms with Gasteiger partial charge in [0, 0.05) is 31.0 Å². The van der Waals surface area contributed by atoms with Gasteiger partial charge >= 0.3 is 0 Å². The molecular formula is C12H15NO2. The van der Waals surface area contributed by atoms with Crippen LogP contribution < -0.4 is 14.8 Å². The zero-order valence-corrected chi connectivity index (χ0v) is 9.14. The lowest BCUT2D eigenvalue weighted by molar-refractivity contribution is 0.354. The van der Waals surface area contributed by atoms with E-state index in [1.807, 2.05) is 7.05 Å². The fourth-order valence-corrected chi connectivity index (χ4v) is 2.60. The van der Waals surface area contributed by atoms with Gasteiger partial charge in [-0.2, -0.15) is 0 Å². The van der Waals surface area contributed by atoms with Crippen LogP contribution in [0.25, 0.3) is 0 Å². The van der Waals surface area contributed by atoms with E-state index in [0.29, 0.717) is 0 Å². The third-order valence-corrected chi connectivity index (χ3v) is 3.32. The van der Waals surface area contributed by atoms with Crippen LogP contribution in [0.1, 0.15) is 16.7 Å². The minimum atomic E-state index is 0.799. The highest BCUT2D eigenvalue weighted by Crippen LogP contribution is 2.46. The predicted molar refractivity (Wildman–Crippen MR) is 59.1 cm³/mol. The van der Waals surface area contributed by atoms with Crippen molar-refractivity contribution >= 4 is 5.69 Å². The first-order valence-corrected chi connectivity index (χ1v) is 5.44. The van der Waals surface area contributed by atoms with Gasteiger partial charge in [0.25, 0.3) is 0 Å². The summed E-state index contributed by atoms with van der Waals surface area (Å²) in [5.41, 5.74) is 5.02. The fraction of sp³-hybridized carbons (Fsp3) is 0.500. The van der Waals surface area contributed by atoms with Crippen LogP contribution in [-0.4, -0.2) is 20.3 Å². The Hall–Kier alpha value is -1.38. The Morgan fingerprint density at radius 2 is 1.67 bits per heavy atom. The summed E-state index contributed by atoms with van der Waals surface area (Å²) >= 11 is 0. The van der Waals surface area contributed by atoms with Crippen molar-refractivity contribution in [3.63, 3.8) is 0 Å². The fourth-order valence-electron chi connectivity index (χ4n) is 2.60. The molecule has 15 heavy (non-hydrogen) atoms. The van der Waals surface area contributed by atoms with Crippen LogP contribution in [0.4, 0.5) is 5.69 Å². The highest BCUT2D eigenvalue weighted by atomic mass is 16.5. The average molecular weight is 205 g/mol. The van der Waals surface area contributed by atoms with Gasteiger partial charge in [0.05, 0.1) is 18.9 Å². The van der Waals surface area contributed by atoms with Gasteiger partial charge in [-0.05, 0) is 12.5 Å². The van der Waals surface area contributed by atoms with Crippen molar-refractivity contribution in [1.82, 2.24) is 0 Å². The Kier molecular flexibility index (Phi) is 1.81. The Balaban J connectivity index is 2.31. The molecule has 2 aliphatic heterocycles. The second-order valence-electron chi connectivity index (χ2n) is 4.06. The summed E-state index contributed by atoms with van der Waals surface area (Å²) in [6.45, 7) is 3.73. The molecule has 2 heterocycles. The van der Waals surface area contributed by atoms with E-state index in [1.165, 1.54) is 16.7 Å². The van der Waals surface area contributed by atoms with Crippen molar-refractivity contribution in [1.29, 1.82) is 0 Å². The maximum absolute atomic E-state index is 5.71. The van der Waals surface area contributed by atoms with Gasteiger partial charge in [0.1, 0.15) is 11.5 Å². The zero-order chi connectivity index (χ0) is 10.4. The van der Waals surface area contributed by atoms with Crippen LogP contribution in [0.15, 0.2) is 0 Å². The van der Waals surface area contributed by atoms with Gasteiger partial charge in [0.15, 0.2) is 0 Å². The summed E-state index contributed by atoms with van der Waals surface area (Å²) < 4.78 is 11.4. The van der Waals surface area contributed by atoms with Crippen LogP contribution in [0, 0.1) is 6.92 Å². The smallest absolute Gasteiger partial charge is 0.146 e. The van der Waals surface area contributed by atoms with E-state index in [-0.39, 0.29) is 0 Å². The molecule has 3 heteroatoms. The van der Waals surface area contributed by atoms with Crippen LogP contribution in [0.2, 0.25) is 0 Å².